The number of carbonyl (C=O) groups excluding carboxylic acids is 2. The number of benzene rings is 2. The van der Waals surface area contributed by atoms with E-state index >= 15 is 0 Å². The van der Waals surface area contributed by atoms with E-state index in [4.69, 9.17) is 11.6 Å². The first-order valence-corrected chi connectivity index (χ1v) is 8.91. The van der Waals surface area contributed by atoms with Crippen molar-refractivity contribution in [1.29, 1.82) is 0 Å². The van der Waals surface area contributed by atoms with Gasteiger partial charge in [0.1, 0.15) is 5.92 Å². The number of hydrogen-bond acceptors (Lipinski definition) is 3. The summed E-state index contributed by atoms with van der Waals surface area (Å²) in [5.41, 5.74) is 1.82. The van der Waals surface area contributed by atoms with Gasteiger partial charge in [0.25, 0.3) is 5.91 Å². The van der Waals surface area contributed by atoms with Crippen LogP contribution in [0.2, 0.25) is 5.02 Å². The first kappa shape index (κ1) is 18.9. The molecule has 0 saturated carbocycles. The van der Waals surface area contributed by atoms with E-state index < -0.39 is 17.8 Å². The predicted octanol–water partition coefficient (Wildman–Crippen LogP) is 3.76. The Morgan fingerprint density at radius 2 is 1.89 bits per heavy atom. The second kappa shape index (κ2) is 7.40. The third kappa shape index (κ3) is 3.66. The van der Waals surface area contributed by atoms with Crippen LogP contribution in [-0.4, -0.2) is 29.4 Å². The number of halogens is 1. The summed E-state index contributed by atoms with van der Waals surface area (Å²) in [6, 6.07) is 11.6. The minimum Gasteiger partial charge on any atom is -0.481 e. The largest absolute Gasteiger partial charge is 0.481 e. The Kier molecular flexibility index (Phi) is 5.19. The van der Waals surface area contributed by atoms with Crippen LogP contribution in [0.4, 0.5) is 11.4 Å². The number of carboxylic acid groups (broad SMARTS) is 1. The molecule has 1 atom stereocenters. The molecule has 1 aliphatic heterocycles. The average molecular weight is 387 g/mol. The standard InChI is InChI=1S/C20H19ClN2O4/c1-11(2)18(24)22-12-7-8-16(21)14(9-12)19(25)23-10-15(20(26)27)13-5-3-4-6-17(13)23/h3-9,11,15H,10H2,1-2H3,(H,22,24)(H,26,27). The van der Waals surface area contributed by atoms with Gasteiger partial charge in [-0.25, -0.2) is 0 Å². The van der Waals surface area contributed by atoms with E-state index in [0.29, 0.717) is 16.9 Å². The molecule has 27 heavy (non-hydrogen) atoms. The molecule has 0 saturated heterocycles. The van der Waals surface area contributed by atoms with Crippen molar-refractivity contribution in [2.24, 2.45) is 5.92 Å². The lowest BCUT2D eigenvalue weighted by atomic mass is 10.0. The Morgan fingerprint density at radius 1 is 1.19 bits per heavy atom. The second-order valence-corrected chi connectivity index (χ2v) is 7.11. The molecule has 7 heteroatoms. The average Bonchev–Trinajstić information content (AvgIpc) is 3.02. The normalized spacial score (nSPS) is 15.6. The summed E-state index contributed by atoms with van der Waals surface area (Å²) < 4.78 is 0. The van der Waals surface area contributed by atoms with Gasteiger partial charge in [-0.15, -0.1) is 0 Å². The highest BCUT2D eigenvalue weighted by molar-refractivity contribution is 6.34. The molecule has 1 unspecified atom stereocenters. The number of carboxylic acids is 1. The summed E-state index contributed by atoms with van der Waals surface area (Å²) in [7, 11) is 0. The van der Waals surface area contributed by atoms with E-state index in [1.165, 1.54) is 11.0 Å². The fourth-order valence-corrected chi connectivity index (χ4v) is 3.21. The van der Waals surface area contributed by atoms with Crippen LogP contribution in [0.15, 0.2) is 42.5 Å². The topological polar surface area (TPSA) is 86.7 Å². The molecule has 2 aromatic carbocycles. The zero-order chi connectivity index (χ0) is 19.7. The summed E-state index contributed by atoms with van der Waals surface area (Å²) in [6.07, 6.45) is 0. The SMILES string of the molecule is CC(C)C(=O)Nc1ccc(Cl)c(C(=O)N2CC(C(=O)O)c3ccccc32)c1. The summed E-state index contributed by atoms with van der Waals surface area (Å²) in [5, 5.41) is 12.4. The molecule has 2 amide bonds. The first-order chi connectivity index (χ1) is 12.8. The number of fused-ring (bicyclic) bond motifs is 1. The quantitative estimate of drug-likeness (QED) is 0.837. The highest BCUT2D eigenvalue weighted by Gasteiger charge is 2.37. The molecule has 0 bridgehead atoms. The molecule has 1 heterocycles. The van der Waals surface area contributed by atoms with Crippen LogP contribution in [0.1, 0.15) is 35.7 Å². The summed E-state index contributed by atoms with van der Waals surface area (Å²) >= 11 is 6.22. The van der Waals surface area contributed by atoms with Gasteiger partial charge in [-0.1, -0.05) is 43.6 Å². The molecule has 0 aromatic heterocycles. The highest BCUT2D eigenvalue weighted by Crippen LogP contribution is 2.38. The van der Waals surface area contributed by atoms with Gasteiger partial charge in [-0.2, -0.15) is 0 Å². The van der Waals surface area contributed by atoms with Gasteiger partial charge in [0.2, 0.25) is 5.91 Å². The van der Waals surface area contributed by atoms with Crippen LogP contribution >= 0.6 is 11.6 Å². The third-order valence-corrected chi connectivity index (χ3v) is 4.83. The van der Waals surface area contributed by atoms with Crippen molar-refractivity contribution in [2.45, 2.75) is 19.8 Å². The Hall–Kier alpha value is -2.86. The smallest absolute Gasteiger partial charge is 0.312 e. The van der Waals surface area contributed by atoms with Crippen LogP contribution in [0.25, 0.3) is 0 Å². The summed E-state index contributed by atoms with van der Waals surface area (Å²) in [6.45, 7) is 3.57. The molecule has 0 aliphatic carbocycles. The maximum atomic E-state index is 13.1. The maximum absolute atomic E-state index is 13.1. The van der Waals surface area contributed by atoms with Crippen LogP contribution in [0.3, 0.4) is 0 Å². The number of hydrogen-bond donors (Lipinski definition) is 2. The number of anilines is 2. The minimum atomic E-state index is -0.984. The molecule has 1 aliphatic rings. The Labute approximate surface area is 161 Å². The van der Waals surface area contributed by atoms with Gasteiger partial charge in [0.05, 0.1) is 10.6 Å². The minimum absolute atomic E-state index is 0.0341. The van der Waals surface area contributed by atoms with Gasteiger partial charge in [-0.3, -0.25) is 14.4 Å². The molecule has 2 N–H and O–H groups in total. The van der Waals surface area contributed by atoms with Crippen LogP contribution in [-0.2, 0) is 9.59 Å². The van der Waals surface area contributed by atoms with E-state index in [9.17, 15) is 19.5 Å². The Balaban J connectivity index is 1.94. The molecule has 140 valence electrons. The Bertz CT molecular complexity index is 926. The third-order valence-electron chi connectivity index (χ3n) is 4.50. The zero-order valence-electron chi connectivity index (χ0n) is 14.9. The van der Waals surface area contributed by atoms with E-state index in [1.807, 2.05) is 0 Å². The van der Waals surface area contributed by atoms with Gasteiger partial charge < -0.3 is 15.3 Å². The molecular formula is C20H19ClN2O4. The van der Waals surface area contributed by atoms with Gasteiger partial charge in [0.15, 0.2) is 0 Å². The number of aliphatic carboxylic acids is 1. The summed E-state index contributed by atoms with van der Waals surface area (Å²) in [5.74, 6) is -2.55. The van der Waals surface area contributed by atoms with E-state index in [-0.39, 0.29) is 29.0 Å². The molecule has 2 aromatic rings. The number of nitrogens with zero attached hydrogens (tertiary/aromatic N) is 1. The van der Waals surface area contributed by atoms with Crippen molar-refractivity contribution >= 4 is 40.8 Å². The maximum Gasteiger partial charge on any atom is 0.312 e. The number of amides is 2. The fraction of sp³-hybridized carbons (Fsp3) is 0.250. The number of nitrogens with one attached hydrogen (secondary N) is 1. The van der Waals surface area contributed by atoms with Crippen LogP contribution in [0.5, 0.6) is 0 Å². The summed E-state index contributed by atoms with van der Waals surface area (Å²) in [4.78, 5) is 38.0. The van der Waals surface area contributed by atoms with Crippen LogP contribution < -0.4 is 10.2 Å². The lowest BCUT2D eigenvalue weighted by Gasteiger charge is -2.19. The number of para-hydroxylation sites is 1. The zero-order valence-corrected chi connectivity index (χ0v) is 15.7. The van der Waals surface area contributed by atoms with Gasteiger partial charge in [0, 0.05) is 23.8 Å². The van der Waals surface area contributed by atoms with Crippen molar-refractivity contribution in [3.63, 3.8) is 0 Å². The first-order valence-electron chi connectivity index (χ1n) is 8.53. The lowest BCUT2D eigenvalue weighted by Crippen LogP contribution is -2.31. The number of rotatable bonds is 4. The van der Waals surface area contributed by atoms with E-state index in [1.54, 1.807) is 50.2 Å². The lowest BCUT2D eigenvalue weighted by molar-refractivity contribution is -0.138. The fourth-order valence-electron chi connectivity index (χ4n) is 3.01. The van der Waals surface area contributed by atoms with Crippen molar-refractivity contribution in [3.05, 3.63) is 58.6 Å². The molecule has 6 nitrogen and oxygen atoms in total. The Morgan fingerprint density at radius 3 is 2.56 bits per heavy atom. The van der Waals surface area contributed by atoms with Crippen molar-refractivity contribution in [2.75, 3.05) is 16.8 Å². The van der Waals surface area contributed by atoms with E-state index in [0.717, 1.165) is 0 Å². The molecule has 0 fully saturated rings. The second-order valence-electron chi connectivity index (χ2n) is 6.70. The van der Waals surface area contributed by atoms with Crippen LogP contribution in [0, 0.1) is 5.92 Å². The molecule has 0 radical (unpaired) electrons. The highest BCUT2D eigenvalue weighted by atomic mass is 35.5. The van der Waals surface area contributed by atoms with Gasteiger partial charge >= 0.3 is 5.97 Å². The van der Waals surface area contributed by atoms with Crippen molar-refractivity contribution in [1.82, 2.24) is 0 Å². The number of carbonyl (C=O) groups is 3. The van der Waals surface area contributed by atoms with Crippen molar-refractivity contribution < 1.29 is 19.5 Å². The molecule has 3 rings (SSSR count). The van der Waals surface area contributed by atoms with Gasteiger partial charge in [-0.05, 0) is 29.8 Å². The molecular weight excluding hydrogens is 368 g/mol. The predicted molar refractivity (Wildman–Crippen MR) is 103 cm³/mol. The molecule has 0 spiro atoms. The van der Waals surface area contributed by atoms with Crippen molar-refractivity contribution in [3.8, 4) is 0 Å². The monoisotopic (exact) mass is 386 g/mol. The van der Waals surface area contributed by atoms with E-state index in [2.05, 4.69) is 5.32 Å².